The molecule has 1 N–H and O–H groups in total. The van der Waals surface area contributed by atoms with Crippen LogP contribution in [-0.4, -0.2) is 47.7 Å². The zero-order chi connectivity index (χ0) is 20.9. The summed E-state index contributed by atoms with van der Waals surface area (Å²) in [6.07, 6.45) is 0. The van der Waals surface area contributed by atoms with E-state index in [1.54, 1.807) is 0 Å². The molecular weight excluding hydrogens is 390 g/mol. The maximum absolute atomic E-state index is 12.7. The number of hydrogen-bond acceptors (Lipinski definition) is 8. The van der Waals surface area contributed by atoms with Crippen molar-refractivity contribution >= 4 is 33.6 Å². The molecule has 2 aromatic rings. The second-order valence-electron chi connectivity index (χ2n) is 5.37. The second-order valence-corrected chi connectivity index (χ2v) is 7.05. The van der Waals surface area contributed by atoms with Crippen LogP contribution in [0.2, 0.25) is 0 Å². The van der Waals surface area contributed by atoms with Gasteiger partial charge in [0.05, 0.1) is 48.6 Å². The molecule has 0 fully saturated rings. The number of methoxy groups -OCH3 is 3. The van der Waals surface area contributed by atoms with Gasteiger partial charge in [0.1, 0.15) is 0 Å². The van der Waals surface area contributed by atoms with E-state index in [1.807, 2.05) is 0 Å². The first-order valence-electron chi connectivity index (χ1n) is 7.75. The number of anilines is 1. The van der Waals surface area contributed by atoms with Crippen LogP contribution in [0.25, 0.3) is 0 Å². The number of benzene rings is 2. The molecule has 148 valence electrons. The number of carbonyl (C=O) groups is 3. The number of sulfonamides is 1. The van der Waals surface area contributed by atoms with Crippen LogP contribution in [0.5, 0.6) is 0 Å². The van der Waals surface area contributed by atoms with Gasteiger partial charge in [-0.25, -0.2) is 22.8 Å². The monoisotopic (exact) mass is 407 g/mol. The van der Waals surface area contributed by atoms with Crippen molar-refractivity contribution in [2.45, 2.75) is 4.90 Å². The third-order valence-corrected chi connectivity index (χ3v) is 5.02. The Labute approximate surface area is 161 Å². The highest BCUT2D eigenvalue weighted by molar-refractivity contribution is 7.92. The summed E-state index contributed by atoms with van der Waals surface area (Å²) in [7, 11) is -0.740. The Hall–Kier alpha value is -3.40. The van der Waals surface area contributed by atoms with Gasteiger partial charge >= 0.3 is 17.9 Å². The molecule has 0 atom stereocenters. The van der Waals surface area contributed by atoms with Gasteiger partial charge in [-0.1, -0.05) is 6.07 Å². The van der Waals surface area contributed by atoms with Crippen LogP contribution in [0.1, 0.15) is 31.1 Å². The summed E-state index contributed by atoms with van der Waals surface area (Å²) in [5, 5.41) is 0. The lowest BCUT2D eigenvalue weighted by Gasteiger charge is -2.13. The summed E-state index contributed by atoms with van der Waals surface area (Å²) < 4.78 is 41.5. The average molecular weight is 407 g/mol. The van der Waals surface area contributed by atoms with Crippen molar-refractivity contribution in [2.75, 3.05) is 26.1 Å². The molecule has 2 aromatic carbocycles. The predicted molar refractivity (Wildman–Crippen MR) is 97.7 cm³/mol. The van der Waals surface area contributed by atoms with Crippen LogP contribution >= 0.6 is 0 Å². The molecule has 0 heterocycles. The molecule has 0 radical (unpaired) electrons. The summed E-state index contributed by atoms with van der Waals surface area (Å²) in [6, 6.07) is 8.83. The van der Waals surface area contributed by atoms with Crippen molar-refractivity contribution in [1.29, 1.82) is 0 Å². The SMILES string of the molecule is COC(=O)c1cccc(S(=O)(=O)Nc2cc(C(=O)OC)ccc2C(=O)OC)c1. The van der Waals surface area contributed by atoms with Gasteiger partial charge in [0.2, 0.25) is 0 Å². The Kier molecular flexibility index (Phi) is 6.37. The molecule has 0 saturated carbocycles. The first-order valence-corrected chi connectivity index (χ1v) is 9.23. The van der Waals surface area contributed by atoms with Crippen molar-refractivity contribution in [3.63, 3.8) is 0 Å². The normalized spacial score (nSPS) is 10.7. The third-order valence-electron chi connectivity index (χ3n) is 3.66. The van der Waals surface area contributed by atoms with Crippen molar-refractivity contribution in [1.82, 2.24) is 0 Å². The number of hydrogen-bond donors (Lipinski definition) is 1. The molecule has 2 rings (SSSR count). The van der Waals surface area contributed by atoms with Gasteiger partial charge in [0.15, 0.2) is 0 Å². The first-order chi connectivity index (χ1) is 13.2. The highest BCUT2D eigenvalue weighted by atomic mass is 32.2. The fourth-order valence-corrected chi connectivity index (χ4v) is 3.39. The number of rotatable bonds is 6. The molecule has 0 aliphatic carbocycles. The predicted octanol–water partition coefficient (Wildman–Crippen LogP) is 1.85. The molecule has 0 amide bonds. The molecule has 0 aromatic heterocycles. The van der Waals surface area contributed by atoms with E-state index in [0.29, 0.717) is 0 Å². The number of carbonyl (C=O) groups excluding carboxylic acids is 3. The Morgan fingerprint density at radius 3 is 1.93 bits per heavy atom. The highest BCUT2D eigenvalue weighted by Crippen LogP contribution is 2.24. The molecule has 0 aliphatic rings. The van der Waals surface area contributed by atoms with E-state index >= 15 is 0 Å². The Morgan fingerprint density at radius 2 is 1.36 bits per heavy atom. The molecule has 28 heavy (non-hydrogen) atoms. The smallest absolute Gasteiger partial charge is 0.339 e. The second kappa shape index (κ2) is 8.53. The minimum atomic E-state index is -4.21. The van der Waals surface area contributed by atoms with E-state index < -0.39 is 27.9 Å². The molecule has 10 heteroatoms. The summed E-state index contributed by atoms with van der Waals surface area (Å²) in [4.78, 5) is 35.1. The fourth-order valence-electron chi connectivity index (χ4n) is 2.27. The Balaban J connectivity index is 2.51. The van der Waals surface area contributed by atoms with Gasteiger partial charge in [0, 0.05) is 0 Å². The van der Waals surface area contributed by atoms with Gasteiger partial charge in [-0.2, -0.15) is 0 Å². The first kappa shape index (κ1) is 20.9. The van der Waals surface area contributed by atoms with E-state index in [4.69, 9.17) is 0 Å². The van der Waals surface area contributed by atoms with E-state index in [2.05, 4.69) is 18.9 Å². The van der Waals surface area contributed by atoms with Gasteiger partial charge < -0.3 is 14.2 Å². The van der Waals surface area contributed by atoms with E-state index in [9.17, 15) is 22.8 Å². The maximum atomic E-state index is 12.7. The van der Waals surface area contributed by atoms with Gasteiger partial charge in [-0.05, 0) is 36.4 Å². The van der Waals surface area contributed by atoms with Crippen LogP contribution in [0.15, 0.2) is 47.4 Å². The van der Waals surface area contributed by atoms with Gasteiger partial charge in [-0.15, -0.1) is 0 Å². The van der Waals surface area contributed by atoms with E-state index in [-0.39, 0.29) is 27.3 Å². The molecular formula is C18H17NO8S. The van der Waals surface area contributed by atoms with Crippen molar-refractivity contribution in [3.05, 3.63) is 59.2 Å². The highest BCUT2D eigenvalue weighted by Gasteiger charge is 2.22. The lowest BCUT2D eigenvalue weighted by atomic mass is 10.1. The summed E-state index contributed by atoms with van der Waals surface area (Å²) >= 11 is 0. The van der Waals surface area contributed by atoms with Gasteiger partial charge in [0.25, 0.3) is 10.0 Å². The molecule has 0 spiro atoms. The lowest BCUT2D eigenvalue weighted by molar-refractivity contribution is 0.0587. The maximum Gasteiger partial charge on any atom is 0.339 e. The Bertz CT molecular complexity index is 1030. The number of nitrogens with one attached hydrogen (secondary N) is 1. The van der Waals surface area contributed by atoms with Crippen LogP contribution in [-0.2, 0) is 24.2 Å². The van der Waals surface area contributed by atoms with Crippen molar-refractivity contribution in [3.8, 4) is 0 Å². The Morgan fingerprint density at radius 1 is 0.786 bits per heavy atom. The zero-order valence-electron chi connectivity index (χ0n) is 15.2. The molecule has 9 nitrogen and oxygen atoms in total. The van der Waals surface area contributed by atoms with Crippen LogP contribution in [0.4, 0.5) is 5.69 Å². The summed E-state index contributed by atoms with van der Waals surface area (Å²) in [5.41, 5.74) is -0.237. The molecule has 0 unspecified atom stereocenters. The zero-order valence-corrected chi connectivity index (χ0v) is 16.0. The quantitative estimate of drug-likeness (QED) is 0.568. The fraction of sp³-hybridized carbons (Fsp3) is 0.167. The van der Waals surface area contributed by atoms with Gasteiger partial charge in [-0.3, -0.25) is 4.72 Å². The van der Waals surface area contributed by atoms with E-state index in [1.165, 1.54) is 44.6 Å². The summed E-state index contributed by atoms with van der Waals surface area (Å²) in [5.74, 6) is -2.23. The topological polar surface area (TPSA) is 125 Å². The molecule has 0 aliphatic heterocycles. The third kappa shape index (κ3) is 4.46. The average Bonchev–Trinajstić information content (AvgIpc) is 2.71. The number of ether oxygens (including phenoxy) is 3. The molecule has 0 bridgehead atoms. The minimum Gasteiger partial charge on any atom is -0.465 e. The van der Waals surface area contributed by atoms with E-state index in [0.717, 1.165) is 19.2 Å². The largest absolute Gasteiger partial charge is 0.465 e. The van der Waals surface area contributed by atoms with Crippen LogP contribution in [0, 0.1) is 0 Å². The summed E-state index contributed by atoms with van der Waals surface area (Å²) in [6.45, 7) is 0. The molecule has 0 saturated heterocycles. The van der Waals surface area contributed by atoms with Crippen molar-refractivity contribution in [2.24, 2.45) is 0 Å². The number of esters is 3. The van der Waals surface area contributed by atoms with Crippen molar-refractivity contribution < 1.29 is 37.0 Å². The minimum absolute atomic E-state index is 0.0242. The van der Waals surface area contributed by atoms with Crippen LogP contribution in [0.3, 0.4) is 0 Å². The lowest BCUT2D eigenvalue weighted by Crippen LogP contribution is -2.17. The van der Waals surface area contributed by atoms with Crippen LogP contribution < -0.4 is 4.72 Å². The standard InChI is InChI=1S/C18H17NO8S/c1-25-16(20)11-5-4-6-13(9-11)28(23,24)19-15-10-12(17(21)26-2)7-8-14(15)18(22)27-3/h4-10,19H,1-3H3.